The van der Waals surface area contributed by atoms with E-state index in [1.54, 1.807) is 42.5 Å². The first-order valence-corrected chi connectivity index (χ1v) is 11.6. The van der Waals surface area contributed by atoms with Crippen LogP contribution in [0.25, 0.3) is 5.76 Å². The zero-order valence-corrected chi connectivity index (χ0v) is 19.1. The van der Waals surface area contributed by atoms with Crippen molar-refractivity contribution in [2.75, 3.05) is 5.32 Å². The number of hydrogen-bond donors (Lipinski definition) is 2. The molecule has 0 radical (unpaired) electrons. The fourth-order valence-corrected chi connectivity index (χ4v) is 4.49. The first kappa shape index (κ1) is 22.6. The Bertz CT molecular complexity index is 1040. The van der Waals surface area contributed by atoms with Crippen molar-refractivity contribution < 1.29 is 9.53 Å². The summed E-state index contributed by atoms with van der Waals surface area (Å²) in [6.07, 6.45) is 10.5. The molecule has 4 rings (SSSR count). The average Bonchev–Trinajstić information content (AvgIpc) is 2.82. The van der Waals surface area contributed by atoms with Crippen molar-refractivity contribution in [1.29, 1.82) is 5.53 Å². The second-order valence-electron chi connectivity index (χ2n) is 8.27. The van der Waals surface area contributed by atoms with E-state index in [1.807, 2.05) is 18.2 Å². The minimum atomic E-state index is -1.79. The molecule has 32 heavy (non-hydrogen) atoms. The van der Waals surface area contributed by atoms with Crippen LogP contribution in [-0.4, -0.2) is 11.6 Å². The van der Waals surface area contributed by atoms with E-state index in [1.165, 1.54) is 32.1 Å². The summed E-state index contributed by atoms with van der Waals surface area (Å²) in [6, 6.07) is 14.0. The molecule has 1 heterocycles. The van der Waals surface area contributed by atoms with Crippen molar-refractivity contribution >= 4 is 40.6 Å². The zero-order valence-electron chi connectivity index (χ0n) is 17.6. The maximum atomic E-state index is 13.2. The summed E-state index contributed by atoms with van der Waals surface area (Å²) in [7, 11) is 0. The van der Waals surface area contributed by atoms with Gasteiger partial charge in [-0.3, -0.25) is 4.79 Å². The normalized spacial score (nSPS) is 21.2. The summed E-state index contributed by atoms with van der Waals surface area (Å²) in [5, 5.41) is 7.57. The van der Waals surface area contributed by atoms with Gasteiger partial charge in [-0.05, 0) is 72.5 Å². The minimum Gasteiger partial charge on any atom is -0.451 e. The molecule has 1 saturated carbocycles. The lowest BCUT2D eigenvalue weighted by molar-refractivity contribution is -0.129. The van der Waals surface area contributed by atoms with Gasteiger partial charge in [0.05, 0.1) is 0 Å². The van der Waals surface area contributed by atoms with Crippen LogP contribution >= 0.6 is 23.2 Å². The van der Waals surface area contributed by atoms with Crippen molar-refractivity contribution in [1.82, 2.24) is 0 Å². The van der Waals surface area contributed by atoms with Gasteiger partial charge in [0.25, 0.3) is 5.91 Å². The van der Waals surface area contributed by atoms with Crippen LogP contribution in [0.4, 0.5) is 5.69 Å². The highest BCUT2D eigenvalue weighted by Gasteiger charge is 2.42. The van der Waals surface area contributed by atoms with Gasteiger partial charge in [-0.25, -0.2) is 5.53 Å². The van der Waals surface area contributed by atoms with E-state index in [0.29, 0.717) is 27.4 Å². The molecule has 1 fully saturated rings. The highest BCUT2D eigenvalue weighted by atomic mass is 35.5. The zero-order chi connectivity index (χ0) is 22.6. The third-order valence-electron chi connectivity index (χ3n) is 5.99. The Kier molecular flexibility index (Phi) is 6.97. The summed E-state index contributed by atoms with van der Waals surface area (Å²) in [4.78, 5) is 13.2. The average molecular weight is 470 g/mol. The summed E-state index contributed by atoms with van der Waals surface area (Å²) in [5.74, 6) is 0.601. The van der Waals surface area contributed by atoms with Gasteiger partial charge in [0.2, 0.25) is 0 Å². The van der Waals surface area contributed by atoms with Gasteiger partial charge in [0.15, 0.2) is 0 Å². The number of rotatable bonds is 6. The van der Waals surface area contributed by atoms with Crippen LogP contribution in [0.2, 0.25) is 10.0 Å². The van der Waals surface area contributed by atoms with Gasteiger partial charge in [0.1, 0.15) is 5.76 Å². The second kappa shape index (κ2) is 9.88. The molecule has 1 amide bonds. The molecule has 1 aliphatic carbocycles. The number of carbonyl (C=O) groups is 1. The van der Waals surface area contributed by atoms with Crippen molar-refractivity contribution in [3.8, 4) is 0 Å². The number of benzene rings is 2. The molecule has 2 N–H and O–H groups in total. The molecule has 1 atom stereocenters. The minimum absolute atomic E-state index is 0.546. The van der Waals surface area contributed by atoms with Gasteiger partial charge >= 0.3 is 5.72 Å². The molecule has 0 saturated heterocycles. The topological polar surface area (TPSA) is 74.5 Å². The Balaban J connectivity index is 1.64. The van der Waals surface area contributed by atoms with Crippen molar-refractivity contribution in [3.05, 3.63) is 81.9 Å². The summed E-state index contributed by atoms with van der Waals surface area (Å²) in [6.45, 7) is 0. The molecule has 1 aliphatic heterocycles. The number of amides is 1. The van der Waals surface area contributed by atoms with Crippen LogP contribution in [0.3, 0.4) is 0 Å². The van der Waals surface area contributed by atoms with Crippen molar-refractivity contribution in [3.63, 3.8) is 0 Å². The quantitative estimate of drug-likeness (QED) is 0.426. The third kappa shape index (κ3) is 5.05. The molecule has 5 nitrogen and oxygen atoms in total. The predicted octanol–water partition coefficient (Wildman–Crippen LogP) is 7.63. The van der Waals surface area contributed by atoms with E-state index in [2.05, 4.69) is 10.4 Å². The maximum Gasteiger partial charge on any atom is 0.316 e. The maximum absolute atomic E-state index is 13.2. The lowest BCUT2D eigenvalue weighted by Gasteiger charge is -2.32. The summed E-state index contributed by atoms with van der Waals surface area (Å²) >= 11 is 12.0. The van der Waals surface area contributed by atoms with E-state index in [-0.39, 0.29) is 0 Å². The monoisotopic (exact) mass is 469 g/mol. The Morgan fingerprint density at radius 1 is 1.03 bits per heavy atom. The standard InChI is InChI=1S/C25H25Cl2N3O2/c26-20-8-6-18(7-9-20)23-19(16-17-4-2-1-3-5-17)14-15-25(30-28,32-23)24(31)29-22-12-10-21(27)11-13-22/h6-15,17,28H,1-5,16H2,(H,29,31). The van der Waals surface area contributed by atoms with Gasteiger partial charge in [-0.15, -0.1) is 5.11 Å². The second-order valence-corrected chi connectivity index (χ2v) is 9.15. The Morgan fingerprint density at radius 2 is 1.66 bits per heavy atom. The first-order chi connectivity index (χ1) is 15.5. The van der Waals surface area contributed by atoms with E-state index < -0.39 is 11.6 Å². The number of anilines is 1. The molecule has 0 spiro atoms. The molecule has 2 aromatic carbocycles. The van der Waals surface area contributed by atoms with E-state index >= 15 is 0 Å². The number of carbonyl (C=O) groups excluding carboxylic acids is 1. The number of nitrogens with one attached hydrogen (secondary N) is 2. The number of hydrogen-bond acceptors (Lipinski definition) is 4. The van der Waals surface area contributed by atoms with Gasteiger partial charge in [-0.1, -0.05) is 61.4 Å². The Morgan fingerprint density at radius 3 is 2.28 bits per heavy atom. The Labute approximate surface area is 198 Å². The SMILES string of the molecule is N=NC1(C(=O)Nc2ccc(Cl)cc2)C=CC(CC2CCCCC2)=C(c2ccc(Cl)cc2)O1. The smallest absolute Gasteiger partial charge is 0.316 e. The van der Waals surface area contributed by atoms with Crippen molar-refractivity contribution in [2.24, 2.45) is 11.0 Å². The fraction of sp³-hybridized carbons (Fsp3) is 0.320. The van der Waals surface area contributed by atoms with Gasteiger partial charge in [0, 0.05) is 21.3 Å². The van der Waals surface area contributed by atoms with Gasteiger partial charge in [-0.2, -0.15) is 0 Å². The molecule has 7 heteroatoms. The van der Waals surface area contributed by atoms with Crippen LogP contribution in [0.5, 0.6) is 0 Å². The highest BCUT2D eigenvalue weighted by molar-refractivity contribution is 6.30. The van der Waals surface area contributed by atoms with Crippen LogP contribution in [0.15, 0.2) is 71.4 Å². The number of ether oxygens (including phenoxy) is 1. The first-order valence-electron chi connectivity index (χ1n) is 10.8. The molecular weight excluding hydrogens is 445 g/mol. The molecule has 2 aliphatic rings. The predicted molar refractivity (Wildman–Crippen MR) is 128 cm³/mol. The molecule has 0 bridgehead atoms. The third-order valence-corrected chi connectivity index (χ3v) is 6.50. The fourth-order valence-electron chi connectivity index (χ4n) is 4.24. The van der Waals surface area contributed by atoms with E-state index in [9.17, 15) is 4.79 Å². The van der Waals surface area contributed by atoms with Crippen LogP contribution < -0.4 is 5.32 Å². The van der Waals surface area contributed by atoms with Crippen LogP contribution in [0.1, 0.15) is 44.1 Å². The van der Waals surface area contributed by atoms with Crippen LogP contribution in [0, 0.1) is 11.4 Å². The number of halogens is 2. The van der Waals surface area contributed by atoms with E-state index in [0.717, 1.165) is 17.6 Å². The lowest BCUT2D eigenvalue weighted by Crippen LogP contribution is -2.42. The number of nitrogens with zero attached hydrogens (tertiary/aromatic N) is 1. The van der Waals surface area contributed by atoms with Crippen molar-refractivity contribution in [2.45, 2.75) is 44.2 Å². The lowest BCUT2D eigenvalue weighted by atomic mass is 9.83. The van der Waals surface area contributed by atoms with Crippen LogP contribution in [-0.2, 0) is 9.53 Å². The Hall–Kier alpha value is -2.63. The molecule has 0 aromatic heterocycles. The van der Waals surface area contributed by atoms with Gasteiger partial charge < -0.3 is 10.1 Å². The number of allylic oxidation sites excluding steroid dienone is 2. The summed E-state index contributed by atoms with van der Waals surface area (Å²) < 4.78 is 6.22. The molecular formula is C25H25Cl2N3O2. The molecule has 166 valence electrons. The highest BCUT2D eigenvalue weighted by Crippen LogP contribution is 2.39. The molecule has 2 aromatic rings. The summed E-state index contributed by atoms with van der Waals surface area (Å²) in [5.41, 5.74) is 8.38. The van der Waals surface area contributed by atoms with E-state index in [4.69, 9.17) is 33.5 Å². The largest absolute Gasteiger partial charge is 0.451 e. The molecule has 1 unspecified atom stereocenters.